The number of aromatic nitrogens is 4. The average Bonchev–Trinajstić information content (AvgIpc) is 3.53. The fourth-order valence-electron chi connectivity index (χ4n) is 4.48. The molecule has 2 aromatic carbocycles. The summed E-state index contributed by atoms with van der Waals surface area (Å²) < 4.78 is 28.9. The third-order valence-electron chi connectivity index (χ3n) is 6.99. The number of halogens is 2. The van der Waals surface area contributed by atoms with Gasteiger partial charge in [0.05, 0.1) is 11.3 Å². The zero-order valence-corrected chi connectivity index (χ0v) is 22.4. The topological polar surface area (TPSA) is 125 Å². The molecule has 11 heteroatoms. The van der Waals surface area contributed by atoms with E-state index in [-0.39, 0.29) is 41.1 Å². The van der Waals surface area contributed by atoms with Crippen molar-refractivity contribution >= 4 is 28.6 Å². The van der Waals surface area contributed by atoms with Gasteiger partial charge in [0.2, 0.25) is 5.82 Å². The Bertz CT molecular complexity index is 1790. The highest BCUT2D eigenvalue weighted by Gasteiger charge is 2.31. The third-order valence-corrected chi connectivity index (χ3v) is 6.99. The van der Waals surface area contributed by atoms with Crippen LogP contribution in [0.1, 0.15) is 43.1 Å². The minimum absolute atomic E-state index is 0.00678. The highest BCUT2D eigenvalue weighted by molar-refractivity contribution is 5.98. The van der Waals surface area contributed by atoms with E-state index in [1.807, 2.05) is 44.2 Å². The minimum Gasteiger partial charge on any atom is -0.504 e. The van der Waals surface area contributed by atoms with E-state index in [9.17, 15) is 23.8 Å². The standard InChI is InChI=1S/C30H26F2N6O3/c1-16(19-10-11-21(31)22(32)13-19)17(2)35-28-25-29(37-24(36-28)12-9-18-7-5-4-6-8-18)38(15-34-25)23-14-20(30(41)33-3)26(39)27(23)40/h4-8,10-11,13,15-17,39-40H,14H2,1-3H3,(H,33,41)(H,35,36,37)/t16-,17-/m0/s1. The van der Waals surface area contributed by atoms with Gasteiger partial charge < -0.3 is 20.8 Å². The maximum absolute atomic E-state index is 13.9. The van der Waals surface area contributed by atoms with Crippen molar-refractivity contribution in [3.8, 4) is 11.8 Å². The highest BCUT2D eigenvalue weighted by Crippen LogP contribution is 2.35. The summed E-state index contributed by atoms with van der Waals surface area (Å²) in [6, 6.07) is 12.7. The van der Waals surface area contributed by atoms with Gasteiger partial charge in [0.15, 0.2) is 40.1 Å². The number of nitrogens with zero attached hydrogens (tertiary/aromatic N) is 4. The molecule has 5 rings (SSSR count). The Morgan fingerprint density at radius 2 is 1.78 bits per heavy atom. The number of rotatable bonds is 6. The van der Waals surface area contributed by atoms with Gasteiger partial charge in [0.1, 0.15) is 6.33 Å². The van der Waals surface area contributed by atoms with Crippen LogP contribution in [-0.4, -0.2) is 48.7 Å². The van der Waals surface area contributed by atoms with Gasteiger partial charge in [-0.3, -0.25) is 9.36 Å². The number of likely N-dealkylation sites (N-methyl/N-ethyl adjacent to an activating group) is 1. The fraction of sp³-hybridized carbons (Fsp3) is 0.200. The number of carbonyl (C=O) groups excluding carboxylic acids is 1. The summed E-state index contributed by atoms with van der Waals surface area (Å²) in [5.41, 5.74) is 2.17. The number of fused-ring (bicyclic) bond motifs is 1. The van der Waals surface area contributed by atoms with E-state index >= 15 is 0 Å². The first-order valence-electron chi connectivity index (χ1n) is 12.8. The molecule has 0 spiro atoms. The second-order valence-corrected chi connectivity index (χ2v) is 9.57. The molecular formula is C30H26F2N6O3. The number of carbonyl (C=O) groups is 1. The van der Waals surface area contributed by atoms with Crippen molar-refractivity contribution in [1.29, 1.82) is 0 Å². The number of imidazole rings is 1. The molecule has 1 aliphatic carbocycles. The number of benzene rings is 2. The van der Waals surface area contributed by atoms with Crippen molar-refractivity contribution < 1.29 is 23.8 Å². The molecule has 208 valence electrons. The molecule has 2 atom stereocenters. The van der Waals surface area contributed by atoms with Gasteiger partial charge in [-0.2, -0.15) is 0 Å². The van der Waals surface area contributed by atoms with Crippen LogP contribution in [0.5, 0.6) is 0 Å². The van der Waals surface area contributed by atoms with Gasteiger partial charge in [-0.25, -0.2) is 23.7 Å². The Kier molecular flexibility index (Phi) is 7.40. The lowest BCUT2D eigenvalue weighted by atomic mass is 9.94. The number of hydrogen-bond acceptors (Lipinski definition) is 7. The summed E-state index contributed by atoms with van der Waals surface area (Å²) >= 11 is 0. The van der Waals surface area contributed by atoms with Crippen molar-refractivity contribution in [3.05, 3.63) is 101 Å². The number of aliphatic hydroxyl groups is 2. The number of hydrogen-bond donors (Lipinski definition) is 4. The molecule has 2 aromatic heterocycles. The maximum atomic E-state index is 13.9. The predicted molar refractivity (Wildman–Crippen MR) is 150 cm³/mol. The van der Waals surface area contributed by atoms with Crippen LogP contribution in [0.25, 0.3) is 16.9 Å². The highest BCUT2D eigenvalue weighted by atomic mass is 19.2. The number of aliphatic hydroxyl groups excluding tert-OH is 2. The largest absolute Gasteiger partial charge is 0.504 e. The summed E-state index contributed by atoms with van der Waals surface area (Å²) in [6.45, 7) is 3.74. The predicted octanol–water partition coefficient (Wildman–Crippen LogP) is 4.80. The molecule has 0 fully saturated rings. The van der Waals surface area contributed by atoms with Crippen LogP contribution in [0.4, 0.5) is 14.6 Å². The van der Waals surface area contributed by atoms with Gasteiger partial charge in [-0.15, -0.1) is 0 Å². The van der Waals surface area contributed by atoms with Crippen LogP contribution >= 0.6 is 0 Å². The molecular weight excluding hydrogens is 530 g/mol. The Morgan fingerprint density at radius 1 is 1.02 bits per heavy atom. The Hall–Kier alpha value is -5.24. The Balaban J connectivity index is 1.57. The van der Waals surface area contributed by atoms with E-state index in [4.69, 9.17) is 0 Å². The first kappa shape index (κ1) is 27.3. The van der Waals surface area contributed by atoms with Crippen LogP contribution in [0.3, 0.4) is 0 Å². The van der Waals surface area contributed by atoms with E-state index < -0.39 is 29.1 Å². The summed E-state index contributed by atoms with van der Waals surface area (Å²) in [5.74, 6) is 2.84. The van der Waals surface area contributed by atoms with Gasteiger partial charge >= 0.3 is 0 Å². The quantitative estimate of drug-likeness (QED) is 0.252. The van der Waals surface area contributed by atoms with E-state index in [1.165, 1.54) is 24.0 Å². The van der Waals surface area contributed by atoms with Gasteiger partial charge in [-0.05, 0) is 42.7 Å². The third kappa shape index (κ3) is 5.32. The van der Waals surface area contributed by atoms with Crippen molar-refractivity contribution in [2.45, 2.75) is 32.2 Å². The van der Waals surface area contributed by atoms with Crippen molar-refractivity contribution in [3.63, 3.8) is 0 Å². The summed E-state index contributed by atoms with van der Waals surface area (Å²) in [4.78, 5) is 25.8. The van der Waals surface area contributed by atoms with Gasteiger partial charge in [0.25, 0.3) is 5.91 Å². The fourth-order valence-corrected chi connectivity index (χ4v) is 4.48. The lowest BCUT2D eigenvalue weighted by molar-refractivity contribution is -0.117. The van der Waals surface area contributed by atoms with E-state index in [1.54, 1.807) is 0 Å². The number of nitrogens with one attached hydrogen (secondary N) is 2. The molecule has 0 saturated carbocycles. The van der Waals surface area contributed by atoms with Crippen LogP contribution < -0.4 is 10.6 Å². The van der Waals surface area contributed by atoms with Crippen LogP contribution in [0.2, 0.25) is 0 Å². The number of allylic oxidation sites excluding steroid dienone is 1. The smallest absolute Gasteiger partial charge is 0.251 e. The molecule has 1 aliphatic rings. The normalized spacial score (nSPS) is 14.6. The maximum Gasteiger partial charge on any atom is 0.251 e. The molecule has 9 nitrogen and oxygen atoms in total. The van der Waals surface area contributed by atoms with E-state index in [0.717, 1.165) is 17.7 Å². The lowest BCUT2D eigenvalue weighted by Crippen LogP contribution is -2.23. The van der Waals surface area contributed by atoms with Crippen molar-refractivity contribution in [2.24, 2.45) is 0 Å². The lowest BCUT2D eigenvalue weighted by Gasteiger charge is -2.22. The summed E-state index contributed by atoms with van der Waals surface area (Å²) in [6.07, 6.45) is 1.35. The minimum atomic E-state index is -0.930. The second-order valence-electron chi connectivity index (χ2n) is 9.57. The molecule has 0 radical (unpaired) electrons. The van der Waals surface area contributed by atoms with Crippen LogP contribution in [0, 0.1) is 23.5 Å². The van der Waals surface area contributed by atoms with E-state index in [2.05, 4.69) is 37.4 Å². The zero-order chi connectivity index (χ0) is 29.3. The number of anilines is 1. The molecule has 0 aliphatic heterocycles. The molecule has 0 saturated heterocycles. The van der Waals surface area contributed by atoms with Crippen LogP contribution in [0.15, 0.2) is 71.9 Å². The first-order chi connectivity index (χ1) is 19.7. The Labute approximate surface area is 234 Å². The molecule has 2 heterocycles. The summed E-state index contributed by atoms with van der Waals surface area (Å²) in [5, 5.41) is 26.8. The first-order valence-corrected chi connectivity index (χ1v) is 12.8. The van der Waals surface area contributed by atoms with Gasteiger partial charge in [-0.1, -0.05) is 37.1 Å². The molecule has 41 heavy (non-hydrogen) atoms. The SMILES string of the molecule is CNC(=O)C1=C(O)C(O)=C(n2cnc3c(N[C@@H](C)[C@H](C)c4ccc(F)c(F)c4)nc(C#Cc4ccccc4)nc32)C1. The van der Waals surface area contributed by atoms with Crippen molar-refractivity contribution in [2.75, 3.05) is 12.4 Å². The monoisotopic (exact) mass is 556 g/mol. The molecule has 0 unspecified atom stereocenters. The summed E-state index contributed by atoms with van der Waals surface area (Å²) in [7, 11) is 1.43. The molecule has 4 N–H and O–H groups in total. The number of amides is 1. The van der Waals surface area contributed by atoms with Crippen molar-refractivity contribution in [1.82, 2.24) is 24.8 Å². The second kappa shape index (κ2) is 11.1. The van der Waals surface area contributed by atoms with Gasteiger partial charge in [0, 0.05) is 31.0 Å². The Morgan fingerprint density at radius 3 is 2.49 bits per heavy atom. The van der Waals surface area contributed by atoms with Crippen LogP contribution in [-0.2, 0) is 4.79 Å². The molecule has 0 bridgehead atoms. The average molecular weight is 557 g/mol. The van der Waals surface area contributed by atoms with E-state index in [0.29, 0.717) is 16.9 Å². The molecule has 4 aromatic rings. The zero-order valence-electron chi connectivity index (χ0n) is 22.4. The molecule has 1 amide bonds.